The predicted molar refractivity (Wildman–Crippen MR) is 70.4 cm³/mol. The van der Waals surface area contributed by atoms with Crippen LogP contribution < -0.4 is 0 Å². The molecule has 0 aliphatic rings. The molecule has 86 valence electrons. The number of rotatable bonds is 2. The Morgan fingerprint density at radius 3 is 2.71 bits per heavy atom. The number of nitriles is 1. The summed E-state index contributed by atoms with van der Waals surface area (Å²) in [6, 6.07) is 5.93. The topological polar surface area (TPSA) is 54.5 Å². The Morgan fingerprint density at radius 1 is 1.41 bits per heavy atom. The van der Waals surface area contributed by atoms with Gasteiger partial charge in [-0.15, -0.1) is 11.7 Å². The van der Waals surface area contributed by atoms with E-state index in [1.165, 1.54) is 10.8 Å². The van der Waals surface area contributed by atoms with E-state index in [2.05, 4.69) is 27.7 Å². The molecule has 4 nitrogen and oxygen atoms in total. The van der Waals surface area contributed by atoms with Crippen LogP contribution in [0, 0.1) is 25.2 Å². The van der Waals surface area contributed by atoms with Gasteiger partial charge in [-0.25, -0.2) is 9.97 Å². The second-order valence-electron chi connectivity index (χ2n) is 3.49. The highest BCUT2D eigenvalue weighted by atomic mass is 33.1. The van der Waals surface area contributed by atoms with E-state index in [0.717, 1.165) is 22.2 Å². The van der Waals surface area contributed by atoms with E-state index < -0.39 is 0 Å². The van der Waals surface area contributed by atoms with Gasteiger partial charge in [0, 0.05) is 0 Å². The highest BCUT2D eigenvalue weighted by Crippen LogP contribution is 2.21. The van der Waals surface area contributed by atoms with Gasteiger partial charge in [0.15, 0.2) is 0 Å². The van der Waals surface area contributed by atoms with E-state index in [9.17, 15) is 0 Å². The first-order valence-corrected chi connectivity index (χ1v) is 6.78. The molecule has 0 spiro atoms. The smallest absolute Gasteiger partial charge is 0.147 e. The fraction of sp³-hybridized carbons (Fsp3) is 0.182. The van der Waals surface area contributed by atoms with Crippen molar-refractivity contribution in [3.8, 4) is 11.8 Å². The lowest BCUT2D eigenvalue weighted by Crippen LogP contribution is -2.00. The molecular weight excluding hydrogens is 252 g/mol. The Labute approximate surface area is 109 Å². The van der Waals surface area contributed by atoms with Crippen molar-refractivity contribution in [3.05, 3.63) is 35.5 Å². The molecule has 6 heteroatoms. The first kappa shape index (κ1) is 12.0. The summed E-state index contributed by atoms with van der Waals surface area (Å²) in [5, 5.41) is 9.95. The van der Waals surface area contributed by atoms with Gasteiger partial charge in [-0.05, 0) is 36.8 Å². The van der Waals surface area contributed by atoms with Gasteiger partial charge in [0.2, 0.25) is 0 Å². The highest BCUT2D eigenvalue weighted by molar-refractivity contribution is 8.68. The lowest BCUT2D eigenvalue weighted by atomic mass is 10.3. The molecular formula is C11H10N4S2. The van der Waals surface area contributed by atoms with E-state index in [4.69, 9.17) is 5.26 Å². The van der Waals surface area contributed by atoms with Gasteiger partial charge in [0.1, 0.15) is 22.6 Å². The molecule has 0 N–H and O–H groups in total. The van der Waals surface area contributed by atoms with E-state index in [-0.39, 0.29) is 0 Å². The van der Waals surface area contributed by atoms with Crippen LogP contribution in [0.2, 0.25) is 0 Å². The van der Waals surface area contributed by atoms with Gasteiger partial charge in [-0.3, -0.25) is 4.57 Å². The molecule has 2 aromatic heterocycles. The van der Waals surface area contributed by atoms with Crippen molar-refractivity contribution in [1.82, 2.24) is 14.5 Å². The molecule has 2 rings (SSSR count). The zero-order valence-electron chi connectivity index (χ0n) is 9.38. The predicted octanol–water partition coefficient (Wildman–Crippen LogP) is 2.69. The molecule has 0 aliphatic carbocycles. The summed E-state index contributed by atoms with van der Waals surface area (Å²) >= 11 is 4.08. The van der Waals surface area contributed by atoms with Crippen molar-refractivity contribution in [2.45, 2.75) is 18.9 Å². The Kier molecular flexibility index (Phi) is 3.41. The molecule has 17 heavy (non-hydrogen) atoms. The third-order valence-electron chi connectivity index (χ3n) is 2.40. The van der Waals surface area contributed by atoms with Gasteiger partial charge in [0.05, 0.1) is 17.6 Å². The molecule has 0 saturated heterocycles. The first-order chi connectivity index (χ1) is 8.17. The third-order valence-corrected chi connectivity index (χ3v) is 3.39. The van der Waals surface area contributed by atoms with Crippen molar-refractivity contribution < 1.29 is 0 Å². The second-order valence-corrected chi connectivity index (χ2v) is 4.63. The van der Waals surface area contributed by atoms with Crippen LogP contribution >= 0.6 is 22.5 Å². The quantitative estimate of drug-likeness (QED) is 0.668. The number of imidazole rings is 1. The van der Waals surface area contributed by atoms with Gasteiger partial charge < -0.3 is 0 Å². The first-order valence-electron chi connectivity index (χ1n) is 4.91. The van der Waals surface area contributed by atoms with Crippen LogP contribution in [0.5, 0.6) is 0 Å². The van der Waals surface area contributed by atoms with Crippen LogP contribution in [0.3, 0.4) is 0 Å². The Bertz CT molecular complexity index is 581. The van der Waals surface area contributed by atoms with Gasteiger partial charge in [-0.2, -0.15) is 5.26 Å². The summed E-state index contributed by atoms with van der Waals surface area (Å²) < 4.78 is 1.80. The average molecular weight is 262 g/mol. The van der Waals surface area contributed by atoms with Crippen molar-refractivity contribution in [2.24, 2.45) is 0 Å². The third kappa shape index (κ3) is 2.16. The molecule has 0 unspecified atom stereocenters. The van der Waals surface area contributed by atoms with Crippen molar-refractivity contribution in [3.63, 3.8) is 0 Å². The van der Waals surface area contributed by atoms with Crippen LogP contribution in [0.25, 0.3) is 5.69 Å². The fourth-order valence-corrected chi connectivity index (χ4v) is 2.23. The van der Waals surface area contributed by atoms with Gasteiger partial charge in [0.25, 0.3) is 0 Å². The number of pyridine rings is 1. The fourth-order valence-electron chi connectivity index (χ4n) is 1.67. The van der Waals surface area contributed by atoms with Gasteiger partial charge >= 0.3 is 0 Å². The molecule has 0 amide bonds. The lowest BCUT2D eigenvalue weighted by Gasteiger charge is -2.06. The number of thiol groups is 1. The van der Waals surface area contributed by atoms with Crippen LogP contribution in [0.15, 0.2) is 23.4 Å². The highest BCUT2D eigenvalue weighted by Gasteiger charge is 2.12. The summed E-state index contributed by atoms with van der Waals surface area (Å²) in [6.07, 6.45) is 1.72. The molecule has 0 fully saturated rings. The van der Waals surface area contributed by atoms with E-state index in [1.807, 2.05) is 26.0 Å². The van der Waals surface area contributed by atoms with Crippen molar-refractivity contribution in [1.29, 1.82) is 5.26 Å². The number of aromatic nitrogens is 3. The number of hydrogen-bond donors (Lipinski definition) is 1. The molecule has 0 aliphatic heterocycles. The van der Waals surface area contributed by atoms with Gasteiger partial charge in [-0.1, -0.05) is 0 Å². The Morgan fingerprint density at radius 2 is 2.18 bits per heavy atom. The summed E-state index contributed by atoms with van der Waals surface area (Å²) in [6.45, 7) is 3.70. The minimum Gasteiger partial charge on any atom is -0.286 e. The normalized spacial score (nSPS) is 10.2. The Hall–Kier alpha value is -1.45. The van der Waals surface area contributed by atoms with Crippen LogP contribution in [0.1, 0.15) is 17.2 Å². The molecule has 2 heterocycles. The minimum absolute atomic E-state index is 0.551. The SMILES string of the molecule is Cc1nc(C)n(-c2ccc(SS)nc2)c1C#N. The molecule has 0 bridgehead atoms. The summed E-state index contributed by atoms with van der Waals surface area (Å²) in [4.78, 5) is 8.52. The largest absolute Gasteiger partial charge is 0.286 e. The minimum atomic E-state index is 0.551. The molecule has 0 aromatic carbocycles. The maximum atomic E-state index is 9.13. The van der Waals surface area contributed by atoms with E-state index in [1.54, 1.807) is 10.8 Å². The van der Waals surface area contributed by atoms with Crippen LogP contribution in [0.4, 0.5) is 0 Å². The molecule has 0 saturated carbocycles. The van der Waals surface area contributed by atoms with Crippen LogP contribution in [-0.2, 0) is 0 Å². The summed E-state index contributed by atoms with van der Waals surface area (Å²) in [7, 11) is 1.29. The monoisotopic (exact) mass is 262 g/mol. The lowest BCUT2D eigenvalue weighted by molar-refractivity contribution is 0.941. The second kappa shape index (κ2) is 4.82. The molecule has 0 atom stereocenters. The number of hydrogen-bond acceptors (Lipinski definition) is 5. The number of nitrogens with zero attached hydrogens (tertiary/aromatic N) is 4. The van der Waals surface area contributed by atoms with E-state index in [0.29, 0.717) is 5.69 Å². The number of aryl methyl sites for hydroxylation is 2. The average Bonchev–Trinajstić information content (AvgIpc) is 2.63. The molecule has 0 radical (unpaired) electrons. The zero-order chi connectivity index (χ0) is 12.4. The standard InChI is InChI=1S/C11H10N4S2/c1-7-10(5-12)15(8(2)14-7)9-3-4-11(17-16)13-6-9/h3-4,6,16H,1-2H3. The maximum Gasteiger partial charge on any atom is 0.147 e. The van der Waals surface area contributed by atoms with Crippen LogP contribution in [-0.4, -0.2) is 14.5 Å². The zero-order valence-corrected chi connectivity index (χ0v) is 11.1. The maximum absolute atomic E-state index is 9.13. The molecule has 2 aromatic rings. The van der Waals surface area contributed by atoms with Crippen molar-refractivity contribution >= 4 is 22.5 Å². The van der Waals surface area contributed by atoms with Crippen molar-refractivity contribution in [2.75, 3.05) is 0 Å². The summed E-state index contributed by atoms with van der Waals surface area (Å²) in [5.74, 6) is 0.784. The Balaban J connectivity index is 2.56. The van der Waals surface area contributed by atoms with E-state index >= 15 is 0 Å². The summed E-state index contributed by atoms with van der Waals surface area (Å²) in [5.41, 5.74) is 2.12.